The summed E-state index contributed by atoms with van der Waals surface area (Å²) in [5.41, 5.74) is 11.7. The Kier molecular flexibility index (Phi) is 40.8. The maximum Gasteiger partial charge on any atom is 0.326 e. The first-order valence-corrected chi connectivity index (χ1v) is 35.2. The number of carbonyl (C=O) groups is 17. The van der Waals surface area contributed by atoms with Crippen molar-refractivity contribution in [3.8, 4) is 0 Å². The number of rotatable bonds is 50. The Morgan fingerprint density at radius 2 is 0.771 bits per heavy atom. The van der Waals surface area contributed by atoms with Crippen molar-refractivity contribution in [3.63, 3.8) is 0 Å². The molecule has 0 spiro atoms. The van der Waals surface area contributed by atoms with Gasteiger partial charge in [0.2, 0.25) is 82.7 Å². The molecular weight excluding hydrogens is 1440 g/mol. The van der Waals surface area contributed by atoms with Crippen LogP contribution in [0.5, 0.6) is 0 Å². The lowest BCUT2D eigenvalue weighted by atomic mass is 9.99. The lowest BCUT2D eigenvalue weighted by molar-refractivity contribution is -0.143. The quantitative estimate of drug-likeness (QED) is 0.0293. The first-order valence-electron chi connectivity index (χ1n) is 35.2. The zero-order valence-corrected chi connectivity index (χ0v) is 62.4. The van der Waals surface area contributed by atoms with Gasteiger partial charge in [-0.1, -0.05) is 85.7 Å². The summed E-state index contributed by atoms with van der Waals surface area (Å²) < 4.78 is 0. The fourth-order valence-corrected chi connectivity index (χ4v) is 10.5. The summed E-state index contributed by atoms with van der Waals surface area (Å²) >= 11 is 0. The molecule has 1 heterocycles. The third-order valence-electron chi connectivity index (χ3n) is 16.4. The van der Waals surface area contributed by atoms with E-state index in [2.05, 4.69) is 79.1 Å². The zero-order chi connectivity index (χ0) is 82.7. The summed E-state index contributed by atoms with van der Waals surface area (Å²) in [7, 11) is 0. The minimum Gasteiger partial charge on any atom is -0.481 e. The van der Waals surface area contributed by atoms with Crippen molar-refractivity contribution in [1.82, 2.24) is 79.1 Å². The Morgan fingerprint density at radius 1 is 0.413 bits per heavy atom. The normalized spacial score (nSPS) is 15.4. The molecule has 0 fully saturated rings. The van der Waals surface area contributed by atoms with Crippen molar-refractivity contribution >= 4 is 101 Å². The number of H-pyrrole nitrogens is 1. The fraction of sp³-hybridized carbons (Fsp3) is 0.618. The molecule has 0 bridgehead atoms. The molecule has 14 amide bonds. The third-order valence-corrected chi connectivity index (χ3v) is 16.4. The summed E-state index contributed by atoms with van der Waals surface area (Å²) in [6.45, 7) is 12.0. The number of hydrogen-bond donors (Lipinski definition) is 23. The van der Waals surface area contributed by atoms with Gasteiger partial charge in [-0.3, -0.25) is 76.7 Å². The van der Waals surface area contributed by atoms with Gasteiger partial charge in [-0.2, -0.15) is 0 Å². The van der Waals surface area contributed by atoms with E-state index in [0.29, 0.717) is 11.3 Å². The number of aliphatic carboxylic acids is 3. The van der Waals surface area contributed by atoms with Crippen molar-refractivity contribution in [2.24, 2.45) is 35.1 Å². The van der Waals surface area contributed by atoms with Crippen LogP contribution in [-0.2, 0) is 94.3 Å². The smallest absolute Gasteiger partial charge is 0.326 e. The van der Waals surface area contributed by atoms with Crippen LogP contribution in [0.1, 0.15) is 132 Å². The second kappa shape index (κ2) is 47.1. The van der Waals surface area contributed by atoms with Crippen LogP contribution in [0.15, 0.2) is 42.9 Å². The fourth-order valence-electron chi connectivity index (χ4n) is 10.5. The number of aromatic nitrogens is 2. The van der Waals surface area contributed by atoms with Gasteiger partial charge in [-0.15, -0.1) is 0 Å². The van der Waals surface area contributed by atoms with Crippen LogP contribution < -0.4 is 80.6 Å². The highest BCUT2D eigenvalue weighted by molar-refractivity contribution is 6.00. The van der Waals surface area contributed by atoms with Crippen molar-refractivity contribution < 1.29 is 117 Å². The molecule has 2 aromatic rings. The third kappa shape index (κ3) is 34.3. The van der Waals surface area contributed by atoms with Gasteiger partial charge in [0.15, 0.2) is 0 Å². The van der Waals surface area contributed by atoms with Crippen molar-refractivity contribution in [1.29, 1.82) is 0 Å². The van der Waals surface area contributed by atoms with Gasteiger partial charge in [-0.05, 0) is 75.2 Å². The highest BCUT2D eigenvalue weighted by Crippen LogP contribution is 2.15. The number of carboxylic acids is 3. The van der Waals surface area contributed by atoms with Crippen molar-refractivity contribution in [2.75, 3.05) is 19.8 Å². The molecule has 109 heavy (non-hydrogen) atoms. The van der Waals surface area contributed by atoms with Crippen molar-refractivity contribution in [2.45, 2.75) is 224 Å². The molecule has 608 valence electrons. The Labute approximate surface area is 628 Å². The second-order valence-corrected chi connectivity index (χ2v) is 27.7. The van der Waals surface area contributed by atoms with Crippen LogP contribution in [0, 0.1) is 23.7 Å². The largest absolute Gasteiger partial charge is 0.481 e. The maximum absolute atomic E-state index is 14.3. The SMILES string of the molecule is CC(C)C[C@H](NC(=O)[C@H](C)NC(=O)[C@H](CO)NC(=O)[C@@H](N)CCC(=O)O)C(=O)N[C@@H](Cc1ccccc1)C(=O)N[C@@H](CO)C(=O)N[C@H](C(=O)N[C@@H](CCC(=O)O)C(=O)N[C@@H](CC(C)C)C(=O)N[C@@H](CO)C(=O)N[C@H](C(=O)N[C@@H](CC(C)C)C(=O)N[C@@H](Cc1cnc[nH]1)C(=O)N[C@@H](CC(N)=O)C(=O)O)C(C)C)[C@@H](C)O. The molecular formula is C68H107N17O24. The number of hydrogen-bond acceptors (Lipinski definition) is 23. The molecule has 0 aliphatic rings. The van der Waals surface area contributed by atoms with Crippen LogP contribution in [0.2, 0.25) is 0 Å². The molecule has 41 heteroatoms. The van der Waals surface area contributed by atoms with E-state index in [0.717, 1.165) is 6.92 Å². The molecule has 15 atom stereocenters. The zero-order valence-electron chi connectivity index (χ0n) is 62.4. The maximum atomic E-state index is 14.3. The Balaban J connectivity index is 2.38. The number of benzene rings is 1. The summed E-state index contributed by atoms with van der Waals surface area (Å²) in [5, 5.41) is 101. The number of aliphatic hydroxyl groups excluding tert-OH is 4. The lowest BCUT2D eigenvalue weighted by Gasteiger charge is -2.29. The van der Waals surface area contributed by atoms with Gasteiger partial charge in [0.25, 0.3) is 0 Å². The molecule has 0 aliphatic heterocycles. The number of imidazole rings is 1. The number of aromatic amines is 1. The number of carbonyl (C=O) groups excluding carboxylic acids is 14. The predicted octanol–water partition coefficient (Wildman–Crippen LogP) is -7.31. The van der Waals surface area contributed by atoms with E-state index in [1.807, 2.05) is 0 Å². The van der Waals surface area contributed by atoms with Crippen LogP contribution in [0.3, 0.4) is 0 Å². The molecule has 2 rings (SSSR count). The number of nitrogens with one attached hydrogen (secondary N) is 14. The van der Waals surface area contributed by atoms with E-state index in [4.69, 9.17) is 16.6 Å². The molecule has 0 saturated heterocycles. The van der Waals surface area contributed by atoms with E-state index in [1.165, 1.54) is 33.3 Å². The molecule has 0 radical (unpaired) electrons. The summed E-state index contributed by atoms with van der Waals surface area (Å²) in [4.78, 5) is 233. The second-order valence-electron chi connectivity index (χ2n) is 27.7. The molecule has 41 nitrogen and oxygen atoms in total. The van der Waals surface area contributed by atoms with Crippen LogP contribution in [0.4, 0.5) is 0 Å². The Bertz CT molecular complexity index is 3430. The minimum absolute atomic E-state index is 0.0642. The number of aliphatic hydroxyl groups is 4. The van der Waals surface area contributed by atoms with Gasteiger partial charge >= 0.3 is 17.9 Å². The predicted molar refractivity (Wildman–Crippen MR) is 383 cm³/mol. The number of nitrogens with zero attached hydrogens (tertiary/aromatic N) is 1. The topological polar surface area (TPSA) is 669 Å². The van der Waals surface area contributed by atoms with Crippen LogP contribution in [-0.4, -0.2) is 257 Å². The standard InChI is InChI=1S/C68H107N17O24/c1-31(2)20-41(75-55(95)35(9)73-63(103)47(27-86)81-56(96)39(69)16-18-51(91)92)58(98)77-44(23-37-14-12-11-13-15-37)61(101)83-49(29-88)65(105)85-54(36(10)89)67(107)74-40(17-19-52(93)94)57(97)76-42(21-32(3)4)60(100)82-48(28-87)64(104)84-53(34(7)8)66(106)79-43(22-33(5)6)59(99)78-45(24-38-26-71-30-72-38)62(102)80-46(68(108)109)25-50(70)90/h11-15,26,30-36,39-49,53-54,86-89H,16-25,27-29,69H2,1-10H3,(H2,70,90)(H,71,72)(H,73,103)(H,74,107)(H,75,95)(H,76,97)(H,77,98)(H,78,99)(H,79,106)(H,80,102)(H,81,96)(H,82,100)(H,83,101)(H,84,104)(H,85,105)(H,91,92)(H,93,94)(H,108,109)/t35-,36+,39-,40-,41-,42-,43-,44-,45-,46-,47-,48-,49-,53-,54-/m0/s1. The molecule has 25 N–H and O–H groups in total. The molecule has 0 aliphatic carbocycles. The average Bonchev–Trinajstić information content (AvgIpc) is 1.63. The average molecular weight is 1550 g/mol. The van der Waals surface area contributed by atoms with Crippen molar-refractivity contribution in [3.05, 3.63) is 54.1 Å². The number of amides is 14. The molecule has 0 saturated carbocycles. The van der Waals surface area contributed by atoms with Gasteiger partial charge in [0.1, 0.15) is 78.5 Å². The first-order chi connectivity index (χ1) is 51.0. The highest BCUT2D eigenvalue weighted by atomic mass is 16.4. The number of carboxylic acid groups (broad SMARTS) is 3. The molecule has 1 aromatic heterocycles. The van der Waals surface area contributed by atoms with E-state index in [1.54, 1.807) is 71.9 Å². The minimum atomic E-state index is -2.05. The number of primary amides is 1. The lowest BCUT2D eigenvalue weighted by Crippen LogP contribution is -2.63. The number of nitrogens with two attached hydrogens (primary N) is 2. The van der Waals surface area contributed by atoms with Gasteiger partial charge in [0.05, 0.1) is 44.7 Å². The molecule has 1 aromatic carbocycles. The van der Waals surface area contributed by atoms with Gasteiger partial charge in [0, 0.05) is 37.6 Å². The monoisotopic (exact) mass is 1550 g/mol. The van der Waals surface area contributed by atoms with Gasteiger partial charge < -0.3 is 121 Å². The summed E-state index contributed by atoms with van der Waals surface area (Å²) in [6, 6.07) is -15.1. The van der Waals surface area contributed by atoms with E-state index in [9.17, 15) is 112 Å². The van der Waals surface area contributed by atoms with E-state index < -0.39 is 249 Å². The highest BCUT2D eigenvalue weighted by Gasteiger charge is 2.39. The Hall–Kier alpha value is -10.8. The van der Waals surface area contributed by atoms with E-state index >= 15 is 0 Å². The Morgan fingerprint density at radius 3 is 1.18 bits per heavy atom. The van der Waals surface area contributed by atoms with E-state index in [-0.39, 0.29) is 50.4 Å². The summed E-state index contributed by atoms with van der Waals surface area (Å²) in [6.07, 6.45) is -3.24. The molecule has 0 unspecified atom stereocenters. The summed E-state index contributed by atoms with van der Waals surface area (Å²) in [5.74, 6) is -21.4. The first kappa shape index (κ1) is 94.3. The van der Waals surface area contributed by atoms with Gasteiger partial charge in [-0.25, -0.2) is 9.78 Å². The van der Waals surface area contributed by atoms with Crippen LogP contribution in [0.25, 0.3) is 0 Å². The van der Waals surface area contributed by atoms with Crippen LogP contribution >= 0.6 is 0 Å².